The Morgan fingerprint density at radius 1 is 0.833 bits per heavy atom. The van der Waals surface area contributed by atoms with E-state index in [1.54, 1.807) is 7.11 Å². The van der Waals surface area contributed by atoms with E-state index in [-0.39, 0.29) is 0 Å². The predicted molar refractivity (Wildman–Crippen MR) is 100 cm³/mol. The lowest BCUT2D eigenvalue weighted by molar-refractivity contribution is 0.319. The molecule has 0 saturated heterocycles. The van der Waals surface area contributed by atoms with Gasteiger partial charge in [-0.3, -0.25) is 0 Å². The summed E-state index contributed by atoms with van der Waals surface area (Å²) in [5.41, 5.74) is 3.58. The molecule has 3 rings (SSSR count). The molecule has 124 valence electrons. The molecule has 0 amide bonds. The number of rotatable bonds is 3. The molecule has 1 saturated carbocycles. The van der Waals surface area contributed by atoms with Crippen molar-refractivity contribution in [2.75, 3.05) is 7.11 Å². The Hall–Kier alpha value is -2.20. The van der Waals surface area contributed by atoms with Crippen LogP contribution in [0.2, 0.25) is 0 Å². The van der Waals surface area contributed by atoms with Gasteiger partial charge in [-0.05, 0) is 79.5 Å². The molecule has 0 atom stereocenters. The summed E-state index contributed by atoms with van der Waals surface area (Å²) in [5.74, 6) is 9.04. The second-order valence-electron chi connectivity index (χ2n) is 6.73. The molecule has 0 spiro atoms. The number of methoxy groups -OCH3 is 1. The van der Waals surface area contributed by atoms with Gasteiger partial charge in [-0.25, -0.2) is 0 Å². The minimum atomic E-state index is 0.747. The number of hydrogen-bond acceptors (Lipinski definition) is 1. The zero-order chi connectivity index (χ0) is 16.8. The summed E-state index contributed by atoms with van der Waals surface area (Å²) in [6.45, 7) is 2.32. The van der Waals surface area contributed by atoms with Crippen molar-refractivity contribution in [1.29, 1.82) is 0 Å². The van der Waals surface area contributed by atoms with Crippen LogP contribution in [-0.4, -0.2) is 7.11 Å². The van der Waals surface area contributed by atoms with Crippen molar-refractivity contribution in [2.45, 2.75) is 44.9 Å². The van der Waals surface area contributed by atoms with E-state index in [2.05, 4.69) is 43.0 Å². The van der Waals surface area contributed by atoms with Gasteiger partial charge >= 0.3 is 0 Å². The summed E-state index contributed by atoms with van der Waals surface area (Å²) in [5, 5.41) is 0. The van der Waals surface area contributed by atoms with Gasteiger partial charge in [0.1, 0.15) is 5.75 Å². The first kappa shape index (κ1) is 16.7. The highest BCUT2D eigenvalue weighted by Gasteiger charge is 2.20. The zero-order valence-corrected chi connectivity index (χ0v) is 14.7. The van der Waals surface area contributed by atoms with Crippen LogP contribution in [0.1, 0.15) is 61.6 Å². The third-order valence-corrected chi connectivity index (χ3v) is 5.25. The quantitative estimate of drug-likeness (QED) is 0.652. The zero-order valence-electron chi connectivity index (χ0n) is 14.7. The lowest BCUT2D eigenvalue weighted by atomic mass is 9.78. The van der Waals surface area contributed by atoms with E-state index in [0.717, 1.165) is 28.7 Å². The van der Waals surface area contributed by atoms with Gasteiger partial charge in [0.05, 0.1) is 7.11 Å². The van der Waals surface area contributed by atoms with Crippen molar-refractivity contribution < 1.29 is 4.74 Å². The van der Waals surface area contributed by atoms with Gasteiger partial charge in [-0.2, -0.15) is 0 Å². The van der Waals surface area contributed by atoms with Gasteiger partial charge in [0.2, 0.25) is 0 Å². The van der Waals surface area contributed by atoms with Crippen LogP contribution in [0.3, 0.4) is 0 Å². The molecule has 0 aliphatic heterocycles. The Labute approximate surface area is 146 Å². The molecule has 1 nitrogen and oxygen atoms in total. The Bertz CT molecular complexity index is 692. The molecule has 1 aliphatic rings. The molecule has 0 N–H and O–H groups in total. The number of benzene rings is 2. The smallest absolute Gasteiger partial charge is 0.118 e. The first-order valence-corrected chi connectivity index (χ1v) is 9.04. The molecular formula is C23H26O. The maximum atomic E-state index is 5.17. The fourth-order valence-corrected chi connectivity index (χ4v) is 3.56. The minimum absolute atomic E-state index is 0.747. The van der Waals surface area contributed by atoms with Crippen LogP contribution in [0.15, 0.2) is 48.5 Å². The summed E-state index contributed by atoms with van der Waals surface area (Å²) in [6, 6.07) is 16.7. The first-order chi connectivity index (χ1) is 11.8. The minimum Gasteiger partial charge on any atom is -0.497 e. The SMILES string of the molecule is CC[C@H]1CC[C@H](c2ccc(C#Cc3ccc(OC)cc3)cc2)CC1. The average Bonchev–Trinajstić information content (AvgIpc) is 2.67. The molecule has 1 aliphatic carbocycles. The molecule has 0 aromatic heterocycles. The topological polar surface area (TPSA) is 9.23 Å². The normalized spacial score (nSPS) is 20.1. The maximum absolute atomic E-state index is 5.17. The van der Waals surface area contributed by atoms with Crippen molar-refractivity contribution in [3.05, 3.63) is 65.2 Å². The van der Waals surface area contributed by atoms with Crippen molar-refractivity contribution in [3.8, 4) is 17.6 Å². The van der Waals surface area contributed by atoms with Crippen LogP contribution in [0, 0.1) is 17.8 Å². The van der Waals surface area contributed by atoms with Crippen molar-refractivity contribution >= 4 is 0 Å². The molecule has 0 bridgehead atoms. The van der Waals surface area contributed by atoms with Crippen molar-refractivity contribution in [1.82, 2.24) is 0 Å². The Kier molecular flexibility index (Phi) is 5.59. The average molecular weight is 318 g/mol. The van der Waals surface area contributed by atoms with Gasteiger partial charge < -0.3 is 4.74 Å². The summed E-state index contributed by atoms with van der Waals surface area (Å²) >= 11 is 0. The molecule has 2 aromatic rings. The summed E-state index contributed by atoms with van der Waals surface area (Å²) in [6.07, 6.45) is 6.80. The maximum Gasteiger partial charge on any atom is 0.118 e. The third kappa shape index (κ3) is 4.20. The molecule has 0 radical (unpaired) electrons. The number of hydrogen-bond donors (Lipinski definition) is 0. The van der Waals surface area contributed by atoms with Crippen LogP contribution in [-0.2, 0) is 0 Å². The summed E-state index contributed by atoms with van der Waals surface area (Å²) in [4.78, 5) is 0. The molecular weight excluding hydrogens is 292 g/mol. The van der Waals surface area contributed by atoms with Crippen LogP contribution in [0.5, 0.6) is 5.75 Å². The van der Waals surface area contributed by atoms with Gasteiger partial charge in [0, 0.05) is 11.1 Å². The Morgan fingerprint density at radius 2 is 1.38 bits per heavy atom. The van der Waals surface area contributed by atoms with E-state index in [1.165, 1.54) is 37.7 Å². The van der Waals surface area contributed by atoms with E-state index < -0.39 is 0 Å². The largest absolute Gasteiger partial charge is 0.497 e. The summed E-state index contributed by atoms with van der Waals surface area (Å²) in [7, 11) is 1.68. The fourth-order valence-electron chi connectivity index (χ4n) is 3.56. The lowest BCUT2D eigenvalue weighted by Crippen LogP contribution is -2.12. The molecule has 0 heterocycles. The van der Waals surface area contributed by atoms with Crippen molar-refractivity contribution in [3.63, 3.8) is 0 Å². The second kappa shape index (κ2) is 8.06. The van der Waals surface area contributed by atoms with E-state index in [4.69, 9.17) is 4.74 Å². The monoisotopic (exact) mass is 318 g/mol. The fraction of sp³-hybridized carbons (Fsp3) is 0.391. The lowest BCUT2D eigenvalue weighted by Gasteiger charge is -2.28. The highest BCUT2D eigenvalue weighted by atomic mass is 16.5. The van der Waals surface area contributed by atoms with Crippen LogP contribution < -0.4 is 4.74 Å². The third-order valence-electron chi connectivity index (χ3n) is 5.25. The highest BCUT2D eigenvalue weighted by molar-refractivity contribution is 5.45. The van der Waals surface area contributed by atoms with E-state index in [9.17, 15) is 0 Å². The van der Waals surface area contributed by atoms with Crippen LogP contribution in [0.25, 0.3) is 0 Å². The van der Waals surface area contributed by atoms with Crippen molar-refractivity contribution in [2.24, 2.45) is 5.92 Å². The molecule has 2 aromatic carbocycles. The number of ether oxygens (including phenoxy) is 1. The first-order valence-electron chi connectivity index (χ1n) is 9.04. The molecule has 1 heteroatoms. The van der Waals surface area contributed by atoms with E-state index in [0.29, 0.717) is 0 Å². The summed E-state index contributed by atoms with van der Waals surface area (Å²) < 4.78 is 5.17. The Morgan fingerprint density at radius 3 is 1.88 bits per heavy atom. The Balaban J connectivity index is 1.63. The van der Waals surface area contributed by atoms with E-state index >= 15 is 0 Å². The highest BCUT2D eigenvalue weighted by Crippen LogP contribution is 2.36. The van der Waals surface area contributed by atoms with Gasteiger partial charge in [-0.15, -0.1) is 0 Å². The molecule has 1 fully saturated rings. The van der Waals surface area contributed by atoms with Gasteiger partial charge in [0.15, 0.2) is 0 Å². The van der Waals surface area contributed by atoms with Crippen LogP contribution >= 0.6 is 0 Å². The van der Waals surface area contributed by atoms with E-state index in [1.807, 2.05) is 24.3 Å². The second-order valence-corrected chi connectivity index (χ2v) is 6.73. The predicted octanol–water partition coefficient (Wildman–Crippen LogP) is 5.78. The molecule has 0 unspecified atom stereocenters. The molecule has 24 heavy (non-hydrogen) atoms. The van der Waals surface area contributed by atoms with Gasteiger partial charge in [0.25, 0.3) is 0 Å². The van der Waals surface area contributed by atoms with Gasteiger partial charge in [-0.1, -0.05) is 37.3 Å². The standard InChI is InChI=1S/C23H26O/c1-3-18-6-12-21(13-7-18)22-14-8-19(9-15-22)4-5-20-10-16-23(24-2)17-11-20/h8-11,14-18,21H,3,6-7,12-13H2,1-2H3/t18-,21-. The van der Waals surface area contributed by atoms with Crippen LogP contribution in [0.4, 0.5) is 0 Å².